The number of aryl methyl sites for hydroxylation is 1. The van der Waals surface area contributed by atoms with E-state index in [4.69, 9.17) is 0 Å². The molecule has 0 radical (unpaired) electrons. The number of hydrogen-bond donors (Lipinski definition) is 0. The first-order valence-electron chi connectivity index (χ1n) is 12.6. The lowest BCUT2D eigenvalue weighted by atomic mass is 10.0. The van der Waals surface area contributed by atoms with Gasteiger partial charge in [0.1, 0.15) is 0 Å². The number of fused-ring (bicyclic) bond motifs is 3. The van der Waals surface area contributed by atoms with E-state index in [1.807, 2.05) is 54.6 Å². The second kappa shape index (κ2) is 14.0. The molecule has 0 spiro atoms. The summed E-state index contributed by atoms with van der Waals surface area (Å²) in [4.78, 5) is 0. The molecule has 0 heterocycles. The van der Waals surface area contributed by atoms with E-state index in [9.17, 15) is 0 Å². The number of benzene rings is 7. The molecule has 7 aromatic carbocycles. The molecule has 0 aliphatic carbocycles. The summed E-state index contributed by atoms with van der Waals surface area (Å²) in [5.41, 5.74) is 1.32. The fourth-order valence-corrected chi connectivity index (χ4v) is 3.93. The summed E-state index contributed by atoms with van der Waals surface area (Å²) in [5, 5.41) is 7.87. The van der Waals surface area contributed by atoms with Crippen LogP contribution in [0.4, 0.5) is 0 Å². The topological polar surface area (TPSA) is 0 Å². The van der Waals surface area contributed by atoms with Gasteiger partial charge in [0.15, 0.2) is 0 Å². The van der Waals surface area contributed by atoms with Gasteiger partial charge in [-0.3, -0.25) is 0 Å². The van der Waals surface area contributed by atoms with E-state index in [-0.39, 0.29) is 0 Å². The Kier molecular flexibility index (Phi) is 9.63. The summed E-state index contributed by atoms with van der Waals surface area (Å²) in [6, 6.07) is 60.4. The van der Waals surface area contributed by atoms with Crippen LogP contribution in [0.2, 0.25) is 0 Å². The summed E-state index contributed by atoms with van der Waals surface area (Å²) >= 11 is 0. The Morgan fingerprint density at radius 1 is 0.243 bits per heavy atom. The van der Waals surface area contributed by atoms with Crippen LogP contribution in [0.15, 0.2) is 176 Å². The maximum Gasteiger partial charge on any atom is -0.0178 e. The molecule has 180 valence electrons. The van der Waals surface area contributed by atoms with E-state index >= 15 is 0 Å². The van der Waals surface area contributed by atoms with Crippen LogP contribution in [0.5, 0.6) is 0 Å². The van der Waals surface area contributed by atoms with E-state index in [2.05, 4.69) is 128 Å². The van der Waals surface area contributed by atoms with Crippen molar-refractivity contribution in [3.63, 3.8) is 0 Å². The lowest BCUT2D eigenvalue weighted by molar-refractivity contribution is 1.48. The zero-order valence-electron chi connectivity index (χ0n) is 21.2. The molecule has 0 N–H and O–H groups in total. The molecule has 0 heteroatoms. The summed E-state index contributed by atoms with van der Waals surface area (Å²) in [7, 11) is 0. The zero-order valence-corrected chi connectivity index (χ0v) is 21.2. The highest BCUT2D eigenvalue weighted by atomic mass is 14.0. The molecule has 0 saturated carbocycles. The molecule has 0 nitrogen and oxygen atoms in total. The van der Waals surface area contributed by atoms with Crippen LogP contribution in [0.25, 0.3) is 32.3 Å². The van der Waals surface area contributed by atoms with Gasteiger partial charge in [-0.05, 0) is 51.4 Å². The normalized spacial score (nSPS) is 9.76. The summed E-state index contributed by atoms with van der Waals surface area (Å²) in [6.07, 6.45) is 0. The van der Waals surface area contributed by atoms with Crippen molar-refractivity contribution >= 4 is 32.3 Å². The van der Waals surface area contributed by atoms with Crippen LogP contribution < -0.4 is 0 Å². The van der Waals surface area contributed by atoms with E-state index in [1.165, 1.54) is 37.9 Å². The Hall–Kier alpha value is -4.68. The predicted molar refractivity (Wildman–Crippen MR) is 163 cm³/mol. The molecule has 7 rings (SSSR count). The summed E-state index contributed by atoms with van der Waals surface area (Å²) in [6.45, 7) is 2.08. The van der Waals surface area contributed by atoms with Crippen LogP contribution in [0.1, 0.15) is 5.56 Å². The highest BCUT2D eigenvalue weighted by Gasteiger charge is 1.95. The fraction of sp³-hybridized carbons (Fsp3) is 0.0270. The van der Waals surface area contributed by atoms with Crippen molar-refractivity contribution in [2.24, 2.45) is 0 Å². The first kappa shape index (κ1) is 25.4. The van der Waals surface area contributed by atoms with Gasteiger partial charge in [0, 0.05) is 0 Å². The molecule has 7 aromatic rings. The fourth-order valence-electron chi connectivity index (χ4n) is 3.93. The van der Waals surface area contributed by atoms with Gasteiger partial charge in [-0.2, -0.15) is 0 Å². The van der Waals surface area contributed by atoms with Crippen LogP contribution in [-0.4, -0.2) is 0 Å². The maximum atomic E-state index is 2.24. The van der Waals surface area contributed by atoms with E-state index in [0.29, 0.717) is 0 Å². The van der Waals surface area contributed by atoms with Crippen LogP contribution >= 0.6 is 0 Å². The molecule has 0 unspecified atom stereocenters. The van der Waals surface area contributed by atoms with Crippen molar-refractivity contribution in [3.05, 3.63) is 181 Å². The van der Waals surface area contributed by atoms with Crippen molar-refractivity contribution in [2.45, 2.75) is 6.92 Å². The largest absolute Gasteiger partial charge is 0.0623 e. The van der Waals surface area contributed by atoms with Gasteiger partial charge in [-0.15, -0.1) is 0 Å². The van der Waals surface area contributed by atoms with Gasteiger partial charge in [-0.25, -0.2) is 0 Å². The van der Waals surface area contributed by atoms with Crippen molar-refractivity contribution in [1.82, 2.24) is 0 Å². The summed E-state index contributed by atoms with van der Waals surface area (Å²) < 4.78 is 0. The smallest absolute Gasteiger partial charge is 0.0178 e. The first-order valence-corrected chi connectivity index (χ1v) is 12.6. The Balaban J connectivity index is 0.000000122. The quantitative estimate of drug-likeness (QED) is 0.191. The third kappa shape index (κ3) is 8.19. The Morgan fingerprint density at radius 3 is 0.703 bits per heavy atom. The molecule has 0 atom stereocenters. The molecule has 0 fully saturated rings. The lowest BCUT2D eigenvalue weighted by Crippen LogP contribution is -1.74. The highest BCUT2D eigenvalue weighted by molar-refractivity contribution is 5.98. The standard InChI is InChI=1S/C14H10.C10H8.C7H8.C6H6/c1-2-6-12-10-14-8-4-3-7-13(14)9-11(12)5-1;1-2-6-10-8-4-3-7-9(10)5-1;1-7-5-3-2-4-6-7;1-2-4-6-5-3-1/h1-10H;1-8H;2-6H,1H3;1-6H. The number of rotatable bonds is 0. The van der Waals surface area contributed by atoms with Gasteiger partial charge in [0.05, 0.1) is 0 Å². The molecule has 37 heavy (non-hydrogen) atoms. The van der Waals surface area contributed by atoms with Crippen LogP contribution in [0.3, 0.4) is 0 Å². The van der Waals surface area contributed by atoms with Crippen molar-refractivity contribution < 1.29 is 0 Å². The Morgan fingerprint density at radius 2 is 0.459 bits per heavy atom. The van der Waals surface area contributed by atoms with Crippen LogP contribution in [-0.2, 0) is 0 Å². The minimum absolute atomic E-state index is 1.31. The average molecular weight is 477 g/mol. The second-order valence-electron chi connectivity index (χ2n) is 8.70. The molecule has 0 aromatic heterocycles. The third-order valence-corrected chi connectivity index (χ3v) is 5.88. The molecule has 0 aliphatic heterocycles. The lowest BCUT2D eigenvalue weighted by Gasteiger charge is -2.00. The van der Waals surface area contributed by atoms with Crippen LogP contribution in [0, 0.1) is 6.92 Å². The molecule has 0 aliphatic rings. The van der Waals surface area contributed by atoms with Gasteiger partial charge >= 0.3 is 0 Å². The van der Waals surface area contributed by atoms with E-state index < -0.39 is 0 Å². The first-order chi connectivity index (χ1) is 18.3. The Bertz CT molecular complexity index is 1420. The molecular weight excluding hydrogens is 444 g/mol. The van der Waals surface area contributed by atoms with Gasteiger partial charge in [-0.1, -0.05) is 169 Å². The monoisotopic (exact) mass is 476 g/mol. The molecule has 0 bridgehead atoms. The minimum atomic E-state index is 1.31. The number of hydrogen-bond acceptors (Lipinski definition) is 0. The SMILES string of the molecule is Cc1ccccc1.c1ccc2cc3ccccc3cc2c1.c1ccc2ccccc2c1.c1ccccc1. The maximum absolute atomic E-state index is 2.24. The molecule has 0 amide bonds. The zero-order chi connectivity index (χ0) is 25.5. The molecular formula is C37H32. The summed E-state index contributed by atoms with van der Waals surface area (Å²) in [5.74, 6) is 0. The third-order valence-electron chi connectivity index (χ3n) is 5.88. The van der Waals surface area contributed by atoms with E-state index in [0.717, 1.165) is 0 Å². The average Bonchev–Trinajstić information content (AvgIpc) is 2.98. The molecule has 0 saturated heterocycles. The van der Waals surface area contributed by atoms with Gasteiger partial charge in [0.2, 0.25) is 0 Å². The van der Waals surface area contributed by atoms with Crippen molar-refractivity contribution in [3.8, 4) is 0 Å². The van der Waals surface area contributed by atoms with Crippen molar-refractivity contribution in [1.29, 1.82) is 0 Å². The van der Waals surface area contributed by atoms with Gasteiger partial charge < -0.3 is 0 Å². The Labute approximate surface area is 220 Å². The second-order valence-corrected chi connectivity index (χ2v) is 8.70. The van der Waals surface area contributed by atoms with Crippen molar-refractivity contribution in [2.75, 3.05) is 0 Å². The highest BCUT2D eigenvalue weighted by Crippen LogP contribution is 2.22. The van der Waals surface area contributed by atoms with Gasteiger partial charge in [0.25, 0.3) is 0 Å². The van der Waals surface area contributed by atoms with E-state index in [1.54, 1.807) is 0 Å². The predicted octanol–water partition coefficient (Wildman–Crippen LogP) is 10.5. The minimum Gasteiger partial charge on any atom is -0.0623 e.